The zero-order chi connectivity index (χ0) is 27.4. The Morgan fingerprint density at radius 1 is 0.897 bits per heavy atom. The van der Waals surface area contributed by atoms with E-state index < -0.39 is 16.6 Å². The number of aliphatic carboxylic acids is 1. The van der Waals surface area contributed by atoms with Crippen molar-refractivity contribution in [2.75, 3.05) is 18.1 Å². The third-order valence-electron chi connectivity index (χ3n) is 7.96. The first kappa shape index (κ1) is 27.6. The largest absolute Gasteiger partial charge is 0.493 e. The maximum atomic E-state index is 11.0. The molecule has 39 heavy (non-hydrogen) atoms. The Morgan fingerprint density at radius 3 is 2.36 bits per heavy atom. The number of carboxylic acid groups (broad SMARTS) is 1. The summed E-state index contributed by atoms with van der Waals surface area (Å²) < 4.78 is 31.9. The van der Waals surface area contributed by atoms with Gasteiger partial charge in [0.2, 0.25) is 0 Å². The molecule has 7 heteroatoms. The summed E-state index contributed by atoms with van der Waals surface area (Å²) in [6.45, 7) is 2.99. The highest BCUT2D eigenvalue weighted by molar-refractivity contribution is 8.24. The molecule has 1 aliphatic carbocycles. The van der Waals surface area contributed by atoms with Crippen LogP contribution in [-0.2, 0) is 24.2 Å². The van der Waals surface area contributed by atoms with Crippen LogP contribution in [0.15, 0.2) is 60.7 Å². The van der Waals surface area contributed by atoms with E-state index >= 15 is 0 Å². The highest BCUT2D eigenvalue weighted by Crippen LogP contribution is 2.45. The quantitative estimate of drug-likeness (QED) is 0.255. The summed E-state index contributed by atoms with van der Waals surface area (Å²) >= 11 is 0. The number of rotatable bonds is 9. The number of carbonyl (C=O) groups is 1. The van der Waals surface area contributed by atoms with E-state index in [1.165, 1.54) is 22.3 Å². The third kappa shape index (κ3) is 7.15. The van der Waals surface area contributed by atoms with Gasteiger partial charge in [-0.15, -0.1) is 0 Å². The van der Waals surface area contributed by atoms with Gasteiger partial charge in [0.25, 0.3) is 0 Å². The van der Waals surface area contributed by atoms with Gasteiger partial charge in [-0.25, -0.2) is 0 Å². The minimum absolute atomic E-state index is 0.0388. The first-order valence-corrected chi connectivity index (χ1v) is 15.7. The fourth-order valence-electron chi connectivity index (χ4n) is 5.56. The van der Waals surface area contributed by atoms with Gasteiger partial charge in [-0.2, -0.15) is 10.6 Å². The van der Waals surface area contributed by atoms with Crippen LogP contribution in [0.2, 0.25) is 0 Å². The Morgan fingerprint density at radius 2 is 1.62 bits per heavy atom. The summed E-state index contributed by atoms with van der Waals surface area (Å²) in [4.78, 5) is 11.0. The van der Waals surface area contributed by atoms with Crippen molar-refractivity contribution >= 4 is 16.6 Å². The summed E-state index contributed by atoms with van der Waals surface area (Å²) in [5.41, 5.74) is 7.25. The molecule has 0 saturated carbocycles. The molecule has 1 saturated heterocycles. The lowest BCUT2D eigenvalue weighted by atomic mass is 9.95. The monoisotopic (exact) mass is 550 g/mol. The van der Waals surface area contributed by atoms with Crippen LogP contribution in [0.5, 0.6) is 11.5 Å². The zero-order valence-electron chi connectivity index (χ0n) is 22.5. The van der Waals surface area contributed by atoms with Crippen molar-refractivity contribution in [3.8, 4) is 22.6 Å². The first-order chi connectivity index (χ1) is 18.8. The highest BCUT2D eigenvalue weighted by atomic mass is 32.3. The molecule has 208 valence electrons. The topological polar surface area (TPSA) is 96.2 Å². The maximum Gasteiger partial charge on any atom is 0.303 e. The van der Waals surface area contributed by atoms with Crippen LogP contribution < -0.4 is 9.47 Å². The second-order valence-electron chi connectivity index (χ2n) is 11.0. The lowest BCUT2D eigenvalue weighted by molar-refractivity contribution is -0.137. The van der Waals surface area contributed by atoms with Crippen molar-refractivity contribution in [2.24, 2.45) is 5.92 Å². The molecular formula is C32H38O6S. The Balaban J connectivity index is 1.24. The zero-order valence-corrected chi connectivity index (χ0v) is 23.3. The second-order valence-corrected chi connectivity index (χ2v) is 13.4. The number of benzene rings is 3. The van der Waals surface area contributed by atoms with Crippen LogP contribution >= 0.6 is 10.6 Å². The van der Waals surface area contributed by atoms with E-state index in [1.807, 2.05) is 31.2 Å². The van der Waals surface area contributed by atoms with Gasteiger partial charge in [0.15, 0.2) is 0 Å². The van der Waals surface area contributed by atoms with Crippen molar-refractivity contribution < 1.29 is 28.5 Å². The van der Waals surface area contributed by atoms with Crippen LogP contribution in [0.4, 0.5) is 0 Å². The summed E-state index contributed by atoms with van der Waals surface area (Å²) in [6.07, 6.45) is 4.85. The normalized spacial score (nSPS) is 18.2. The van der Waals surface area contributed by atoms with Gasteiger partial charge in [-0.05, 0) is 108 Å². The van der Waals surface area contributed by atoms with Gasteiger partial charge in [0.05, 0.1) is 13.0 Å². The molecule has 0 spiro atoms. The van der Waals surface area contributed by atoms with Gasteiger partial charge in [-0.3, -0.25) is 13.9 Å². The molecule has 0 amide bonds. The molecule has 3 aromatic rings. The smallest absolute Gasteiger partial charge is 0.303 e. The SMILES string of the molecule is C[C@H](CC(=O)O)c1ccc(OCc2ccc3c(c2)-c2ccc(OCC4CCS(O)(O)CC4)cc2CCC3)cc1. The fourth-order valence-corrected chi connectivity index (χ4v) is 7.18. The lowest BCUT2D eigenvalue weighted by Gasteiger charge is -2.39. The molecule has 0 aromatic heterocycles. The number of hydrogen-bond acceptors (Lipinski definition) is 5. The number of fused-ring (bicyclic) bond motifs is 3. The highest BCUT2D eigenvalue weighted by Gasteiger charge is 2.24. The standard InChI is InChI=1S/C32H38O6S/c1-22(17-32(33)34)25-7-9-28(10-8-25)37-21-24-5-6-26-3-2-4-27-19-29(11-12-30(27)31(26)18-24)38-20-23-13-15-39(35,36)16-14-23/h5-12,18-19,22-23,35-36H,2-4,13-17,20-21H2,1H3,(H,33,34)/t22-/m1/s1. The fraction of sp³-hybridized carbons (Fsp3) is 0.406. The van der Waals surface area contributed by atoms with E-state index in [2.05, 4.69) is 36.4 Å². The van der Waals surface area contributed by atoms with Crippen LogP contribution in [0, 0.1) is 5.92 Å². The van der Waals surface area contributed by atoms with E-state index in [4.69, 9.17) is 14.6 Å². The first-order valence-electron chi connectivity index (χ1n) is 13.8. The molecule has 2 aliphatic rings. The van der Waals surface area contributed by atoms with Gasteiger partial charge in [0.1, 0.15) is 18.1 Å². The van der Waals surface area contributed by atoms with Crippen LogP contribution in [0.25, 0.3) is 11.1 Å². The lowest BCUT2D eigenvalue weighted by Crippen LogP contribution is -2.24. The van der Waals surface area contributed by atoms with Crippen molar-refractivity contribution in [1.82, 2.24) is 0 Å². The Kier molecular flexibility index (Phi) is 8.50. The van der Waals surface area contributed by atoms with Crippen molar-refractivity contribution in [3.05, 3.63) is 82.9 Å². The minimum Gasteiger partial charge on any atom is -0.493 e. The summed E-state index contributed by atoms with van der Waals surface area (Å²) in [5.74, 6) is 2.17. The molecule has 1 heterocycles. The Labute approximate surface area is 232 Å². The average Bonchev–Trinajstić information content (AvgIpc) is 3.10. The molecule has 0 unspecified atom stereocenters. The van der Waals surface area contributed by atoms with Crippen LogP contribution in [0.1, 0.15) is 60.8 Å². The van der Waals surface area contributed by atoms with Gasteiger partial charge in [0, 0.05) is 11.5 Å². The molecular weight excluding hydrogens is 512 g/mol. The van der Waals surface area contributed by atoms with Gasteiger partial charge in [-0.1, -0.05) is 37.3 Å². The predicted molar refractivity (Wildman–Crippen MR) is 156 cm³/mol. The third-order valence-corrected chi connectivity index (χ3v) is 9.74. The predicted octanol–water partition coefficient (Wildman–Crippen LogP) is 7.54. The van der Waals surface area contributed by atoms with Gasteiger partial charge >= 0.3 is 5.97 Å². The van der Waals surface area contributed by atoms with E-state index in [0.717, 1.165) is 54.7 Å². The van der Waals surface area contributed by atoms with Crippen molar-refractivity contribution in [1.29, 1.82) is 0 Å². The number of aryl methyl sites for hydroxylation is 2. The van der Waals surface area contributed by atoms with Crippen molar-refractivity contribution in [3.63, 3.8) is 0 Å². The van der Waals surface area contributed by atoms with Crippen LogP contribution in [0.3, 0.4) is 0 Å². The molecule has 5 rings (SSSR count). The molecule has 3 aromatic carbocycles. The Hall–Kier alpha value is -3.00. The van der Waals surface area contributed by atoms with Gasteiger partial charge < -0.3 is 14.6 Å². The Bertz CT molecular complexity index is 1290. The molecule has 1 atom stereocenters. The van der Waals surface area contributed by atoms with E-state index in [-0.39, 0.29) is 12.3 Å². The number of hydrogen-bond donors (Lipinski definition) is 3. The number of ether oxygens (including phenoxy) is 2. The van der Waals surface area contributed by atoms with E-state index in [0.29, 0.717) is 30.6 Å². The molecule has 0 radical (unpaired) electrons. The van der Waals surface area contributed by atoms with Crippen molar-refractivity contribution in [2.45, 2.75) is 58.0 Å². The maximum absolute atomic E-state index is 11.0. The summed E-state index contributed by atoms with van der Waals surface area (Å²) in [6, 6.07) is 20.7. The second kappa shape index (κ2) is 12.0. The summed E-state index contributed by atoms with van der Waals surface area (Å²) in [7, 11) is -2.36. The molecule has 3 N–H and O–H groups in total. The molecule has 1 aliphatic heterocycles. The van der Waals surface area contributed by atoms with Crippen LogP contribution in [-0.4, -0.2) is 38.3 Å². The van der Waals surface area contributed by atoms with E-state index in [1.54, 1.807) is 0 Å². The summed E-state index contributed by atoms with van der Waals surface area (Å²) in [5, 5.41) is 9.03. The molecule has 0 bridgehead atoms. The number of carboxylic acids is 1. The minimum atomic E-state index is -2.36. The molecule has 6 nitrogen and oxygen atoms in total. The van der Waals surface area contributed by atoms with E-state index in [9.17, 15) is 13.9 Å². The average molecular weight is 551 g/mol. The molecule has 1 fully saturated rings.